The van der Waals surface area contributed by atoms with Crippen LogP contribution in [-0.2, 0) is 0 Å². The minimum absolute atomic E-state index is 0.318. The summed E-state index contributed by atoms with van der Waals surface area (Å²) in [6, 6.07) is 4.00. The van der Waals surface area contributed by atoms with Gasteiger partial charge in [-0.1, -0.05) is 27.2 Å². The van der Waals surface area contributed by atoms with E-state index in [2.05, 4.69) is 42.8 Å². The van der Waals surface area contributed by atoms with Crippen molar-refractivity contribution in [2.24, 2.45) is 17.8 Å². The van der Waals surface area contributed by atoms with E-state index in [1.54, 1.807) is 0 Å². The molecule has 1 aliphatic rings. The van der Waals surface area contributed by atoms with Gasteiger partial charge in [-0.25, -0.2) is 0 Å². The Bertz CT molecular complexity index is 472. The maximum absolute atomic E-state index is 6.36. The van der Waals surface area contributed by atoms with Gasteiger partial charge in [0.15, 0.2) is 0 Å². The molecule has 3 unspecified atom stereocenters. The number of benzene rings is 1. The van der Waals surface area contributed by atoms with Crippen LogP contribution in [0.4, 0.5) is 5.69 Å². The second kappa shape index (κ2) is 6.38. The zero-order valence-electron chi connectivity index (χ0n) is 12.9. The summed E-state index contributed by atoms with van der Waals surface area (Å²) in [5.74, 6) is 3.00. The molecule has 0 aromatic heterocycles. The predicted octanol–water partition coefficient (Wildman–Crippen LogP) is 5.18. The molecule has 3 atom stereocenters. The van der Waals surface area contributed by atoms with Crippen LogP contribution in [0.2, 0.25) is 0 Å². The van der Waals surface area contributed by atoms with E-state index in [0.717, 1.165) is 33.8 Å². The second-order valence-electron chi connectivity index (χ2n) is 6.62. The first-order chi connectivity index (χ1) is 9.38. The summed E-state index contributed by atoms with van der Waals surface area (Å²) in [5, 5.41) is 0. The van der Waals surface area contributed by atoms with Crippen LogP contribution in [0.25, 0.3) is 0 Å². The molecule has 2 rings (SSSR count). The Kier molecular flexibility index (Phi) is 5.00. The Morgan fingerprint density at radius 2 is 2.00 bits per heavy atom. The zero-order chi connectivity index (χ0) is 14.9. The van der Waals surface area contributed by atoms with Crippen molar-refractivity contribution in [2.75, 3.05) is 5.73 Å². The van der Waals surface area contributed by atoms with E-state index in [1.807, 2.05) is 13.0 Å². The maximum Gasteiger partial charge on any atom is 0.134 e. The number of ether oxygens (including phenoxy) is 1. The molecule has 1 aromatic rings. The highest BCUT2D eigenvalue weighted by Crippen LogP contribution is 2.38. The summed E-state index contributed by atoms with van der Waals surface area (Å²) in [5.41, 5.74) is 7.82. The average Bonchev–Trinajstić information content (AvgIpc) is 2.35. The van der Waals surface area contributed by atoms with Gasteiger partial charge in [0.05, 0.1) is 4.47 Å². The molecule has 2 nitrogen and oxygen atoms in total. The minimum Gasteiger partial charge on any atom is -0.489 e. The summed E-state index contributed by atoms with van der Waals surface area (Å²) in [6.45, 7) is 8.97. The molecule has 0 amide bonds. The third kappa shape index (κ3) is 3.49. The zero-order valence-corrected chi connectivity index (χ0v) is 14.5. The maximum atomic E-state index is 6.36. The summed E-state index contributed by atoms with van der Waals surface area (Å²) in [4.78, 5) is 0. The third-order valence-corrected chi connectivity index (χ3v) is 5.18. The number of rotatable bonds is 3. The molecule has 0 radical (unpaired) electrons. The highest BCUT2D eigenvalue weighted by atomic mass is 79.9. The van der Waals surface area contributed by atoms with Gasteiger partial charge in [0.1, 0.15) is 11.9 Å². The molecule has 0 spiro atoms. The van der Waals surface area contributed by atoms with Crippen LogP contribution < -0.4 is 10.5 Å². The molecule has 112 valence electrons. The van der Waals surface area contributed by atoms with Gasteiger partial charge >= 0.3 is 0 Å². The van der Waals surface area contributed by atoms with Crippen LogP contribution in [0, 0.1) is 24.7 Å². The van der Waals surface area contributed by atoms with Gasteiger partial charge in [-0.15, -0.1) is 0 Å². The van der Waals surface area contributed by atoms with Crippen molar-refractivity contribution in [2.45, 2.75) is 53.1 Å². The lowest BCUT2D eigenvalue weighted by Crippen LogP contribution is -2.36. The fourth-order valence-electron chi connectivity index (χ4n) is 3.17. The molecular weight excluding hydrogens is 314 g/mol. The SMILES string of the molecule is Cc1cc(OC2CC(C)CCC2C(C)C)c(Br)cc1N. The largest absolute Gasteiger partial charge is 0.489 e. The standard InChI is InChI=1S/C17H26BrNO/c1-10(2)13-6-5-11(3)7-16(13)20-17-8-12(4)15(19)9-14(17)18/h8-11,13,16H,5-7,19H2,1-4H3. The molecule has 0 heterocycles. The van der Waals surface area contributed by atoms with Crippen molar-refractivity contribution in [3.8, 4) is 5.75 Å². The van der Waals surface area contributed by atoms with E-state index in [1.165, 1.54) is 12.8 Å². The van der Waals surface area contributed by atoms with Crippen LogP contribution in [-0.4, -0.2) is 6.10 Å². The number of nitrogen functional groups attached to an aromatic ring is 1. The molecule has 20 heavy (non-hydrogen) atoms. The highest BCUT2D eigenvalue weighted by molar-refractivity contribution is 9.10. The lowest BCUT2D eigenvalue weighted by molar-refractivity contribution is 0.0454. The van der Waals surface area contributed by atoms with E-state index in [-0.39, 0.29) is 0 Å². The molecular formula is C17H26BrNO. The van der Waals surface area contributed by atoms with Crippen LogP contribution >= 0.6 is 15.9 Å². The summed E-state index contributed by atoms with van der Waals surface area (Å²) < 4.78 is 7.32. The molecule has 0 bridgehead atoms. The monoisotopic (exact) mass is 339 g/mol. The number of aryl methyl sites for hydroxylation is 1. The van der Waals surface area contributed by atoms with Gasteiger partial charge in [0.25, 0.3) is 0 Å². The number of hydrogen-bond acceptors (Lipinski definition) is 2. The van der Waals surface area contributed by atoms with E-state index in [4.69, 9.17) is 10.5 Å². The normalized spacial score (nSPS) is 26.8. The van der Waals surface area contributed by atoms with Crippen LogP contribution in [0.5, 0.6) is 5.75 Å². The van der Waals surface area contributed by atoms with Gasteiger partial charge in [0.2, 0.25) is 0 Å². The van der Waals surface area contributed by atoms with Crippen molar-refractivity contribution >= 4 is 21.6 Å². The average molecular weight is 340 g/mol. The molecule has 3 heteroatoms. The van der Waals surface area contributed by atoms with E-state index < -0.39 is 0 Å². The fraction of sp³-hybridized carbons (Fsp3) is 0.647. The van der Waals surface area contributed by atoms with Gasteiger partial charge in [-0.05, 0) is 71.1 Å². The first kappa shape index (κ1) is 15.7. The van der Waals surface area contributed by atoms with Crippen LogP contribution in [0.1, 0.15) is 45.6 Å². The fourth-order valence-corrected chi connectivity index (χ4v) is 3.63. The van der Waals surface area contributed by atoms with Crippen molar-refractivity contribution in [1.29, 1.82) is 0 Å². The number of anilines is 1. The van der Waals surface area contributed by atoms with E-state index >= 15 is 0 Å². The minimum atomic E-state index is 0.318. The Balaban J connectivity index is 2.20. The lowest BCUT2D eigenvalue weighted by Gasteiger charge is -2.37. The summed E-state index contributed by atoms with van der Waals surface area (Å²) in [7, 11) is 0. The van der Waals surface area contributed by atoms with Gasteiger partial charge in [-0.3, -0.25) is 0 Å². The number of halogens is 1. The van der Waals surface area contributed by atoms with Crippen molar-refractivity contribution < 1.29 is 4.74 Å². The third-order valence-electron chi connectivity index (χ3n) is 4.56. The van der Waals surface area contributed by atoms with Crippen molar-refractivity contribution in [3.05, 3.63) is 22.2 Å². The Morgan fingerprint density at radius 3 is 2.65 bits per heavy atom. The highest BCUT2D eigenvalue weighted by Gasteiger charge is 2.32. The predicted molar refractivity (Wildman–Crippen MR) is 89.1 cm³/mol. The number of hydrogen-bond donors (Lipinski definition) is 1. The van der Waals surface area contributed by atoms with Gasteiger partial charge < -0.3 is 10.5 Å². The summed E-state index contributed by atoms with van der Waals surface area (Å²) >= 11 is 3.58. The first-order valence-corrected chi connectivity index (χ1v) is 8.40. The Morgan fingerprint density at radius 1 is 1.30 bits per heavy atom. The Labute approximate surface area is 131 Å². The van der Waals surface area contributed by atoms with Crippen LogP contribution in [0.3, 0.4) is 0 Å². The topological polar surface area (TPSA) is 35.2 Å². The smallest absolute Gasteiger partial charge is 0.134 e. The molecule has 0 saturated heterocycles. The summed E-state index contributed by atoms with van der Waals surface area (Å²) in [6.07, 6.45) is 4.07. The van der Waals surface area contributed by atoms with Crippen LogP contribution in [0.15, 0.2) is 16.6 Å². The van der Waals surface area contributed by atoms with Gasteiger partial charge in [-0.2, -0.15) is 0 Å². The molecule has 1 saturated carbocycles. The molecule has 1 aliphatic carbocycles. The second-order valence-corrected chi connectivity index (χ2v) is 7.48. The van der Waals surface area contributed by atoms with Crippen molar-refractivity contribution in [3.63, 3.8) is 0 Å². The molecule has 0 aliphatic heterocycles. The van der Waals surface area contributed by atoms with E-state index in [0.29, 0.717) is 17.9 Å². The lowest BCUT2D eigenvalue weighted by atomic mass is 9.75. The van der Waals surface area contributed by atoms with Gasteiger partial charge in [0, 0.05) is 5.69 Å². The molecule has 1 fully saturated rings. The van der Waals surface area contributed by atoms with Crippen molar-refractivity contribution in [1.82, 2.24) is 0 Å². The quantitative estimate of drug-likeness (QED) is 0.770. The molecule has 1 aromatic carbocycles. The first-order valence-electron chi connectivity index (χ1n) is 7.60. The molecule has 2 N–H and O–H groups in total. The number of nitrogens with two attached hydrogens (primary N) is 1. The van der Waals surface area contributed by atoms with E-state index in [9.17, 15) is 0 Å². The Hall–Kier alpha value is -0.700.